The van der Waals surface area contributed by atoms with E-state index in [2.05, 4.69) is 5.32 Å². The maximum Gasteiger partial charge on any atom is 0.242 e. The zero-order valence-corrected chi connectivity index (χ0v) is 13.9. The van der Waals surface area contributed by atoms with Gasteiger partial charge in [-0.3, -0.25) is 9.59 Å². The summed E-state index contributed by atoms with van der Waals surface area (Å²) in [7, 11) is 0. The predicted octanol–water partition coefficient (Wildman–Crippen LogP) is 0.945. The monoisotopic (exact) mass is 312 g/mol. The summed E-state index contributed by atoms with van der Waals surface area (Å²) in [6.07, 6.45) is 3.38. The quantitative estimate of drug-likeness (QED) is 0.820. The van der Waals surface area contributed by atoms with Crippen molar-refractivity contribution in [3.63, 3.8) is 0 Å². The number of carbonyl (C=O) groups is 2. The van der Waals surface area contributed by atoms with E-state index in [-0.39, 0.29) is 30.1 Å². The molecule has 0 bridgehead atoms. The summed E-state index contributed by atoms with van der Waals surface area (Å²) >= 11 is 0. The van der Waals surface area contributed by atoms with Gasteiger partial charge in [-0.25, -0.2) is 0 Å². The summed E-state index contributed by atoms with van der Waals surface area (Å²) in [6, 6.07) is 0. The molecule has 1 spiro atoms. The molecule has 6 heteroatoms. The van der Waals surface area contributed by atoms with Crippen LogP contribution in [0.3, 0.4) is 0 Å². The Morgan fingerprint density at radius 2 is 2.23 bits per heavy atom. The minimum Gasteiger partial charge on any atom is -0.378 e. The van der Waals surface area contributed by atoms with Gasteiger partial charge in [0.05, 0.1) is 38.0 Å². The number of hydrogen-bond acceptors (Lipinski definition) is 4. The summed E-state index contributed by atoms with van der Waals surface area (Å²) in [5.74, 6) is 0.125. The second-order valence-electron chi connectivity index (χ2n) is 6.61. The van der Waals surface area contributed by atoms with E-state index in [9.17, 15) is 9.59 Å². The molecule has 0 unspecified atom stereocenters. The Morgan fingerprint density at radius 1 is 1.45 bits per heavy atom. The Labute approximate surface area is 132 Å². The molecule has 2 amide bonds. The molecule has 1 aliphatic heterocycles. The van der Waals surface area contributed by atoms with Crippen molar-refractivity contribution < 1.29 is 19.1 Å². The molecule has 126 valence electrons. The normalized spacial score (nSPS) is 28.4. The third-order valence-corrected chi connectivity index (χ3v) is 4.58. The van der Waals surface area contributed by atoms with Gasteiger partial charge < -0.3 is 19.7 Å². The molecule has 1 N–H and O–H groups in total. The van der Waals surface area contributed by atoms with Crippen LogP contribution in [-0.4, -0.2) is 61.3 Å². The maximum atomic E-state index is 12.2. The van der Waals surface area contributed by atoms with Crippen LogP contribution in [0.25, 0.3) is 0 Å². The van der Waals surface area contributed by atoms with Crippen molar-refractivity contribution in [3.8, 4) is 0 Å². The first kappa shape index (κ1) is 17.2. The number of morpholine rings is 1. The van der Waals surface area contributed by atoms with Gasteiger partial charge in [0.25, 0.3) is 0 Å². The molecular weight excluding hydrogens is 284 g/mol. The molecule has 1 saturated carbocycles. The zero-order chi connectivity index (χ0) is 16.2. The second kappa shape index (κ2) is 7.42. The Hall–Kier alpha value is -1.14. The maximum absolute atomic E-state index is 12.2. The highest BCUT2D eigenvalue weighted by atomic mass is 16.5. The zero-order valence-electron chi connectivity index (χ0n) is 13.9. The van der Waals surface area contributed by atoms with Crippen molar-refractivity contribution in [2.75, 3.05) is 32.8 Å². The molecule has 1 saturated heterocycles. The lowest BCUT2D eigenvalue weighted by Crippen LogP contribution is -2.57. The van der Waals surface area contributed by atoms with E-state index in [4.69, 9.17) is 9.47 Å². The fourth-order valence-electron chi connectivity index (χ4n) is 3.39. The van der Waals surface area contributed by atoms with Gasteiger partial charge in [-0.15, -0.1) is 0 Å². The van der Waals surface area contributed by atoms with Gasteiger partial charge in [-0.1, -0.05) is 6.42 Å². The standard InChI is InChI=1S/C16H28N2O4/c1-12(2)21-10-14-5-4-6-16(14)11-18(7-8-22-16)15(20)9-17-13(3)19/h12,14H,4-11H2,1-3H3,(H,17,19)/t14-,16+/m0/s1. The van der Waals surface area contributed by atoms with E-state index < -0.39 is 0 Å². The molecule has 0 radical (unpaired) electrons. The molecule has 0 aromatic heterocycles. The lowest BCUT2D eigenvalue weighted by Gasteiger charge is -2.44. The second-order valence-corrected chi connectivity index (χ2v) is 6.61. The number of nitrogens with zero attached hydrogens (tertiary/aromatic N) is 1. The summed E-state index contributed by atoms with van der Waals surface area (Å²) in [5.41, 5.74) is -0.265. The van der Waals surface area contributed by atoms with E-state index in [1.54, 1.807) is 0 Å². The van der Waals surface area contributed by atoms with E-state index in [0.717, 1.165) is 19.3 Å². The number of hydrogen-bond donors (Lipinski definition) is 1. The van der Waals surface area contributed by atoms with Crippen LogP contribution < -0.4 is 5.32 Å². The average Bonchev–Trinajstić information content (AvgIpc) is 2.84. The highest BCUT2D eigenvalue weighted by molar-refractivity contribution is 5.83. The minimum absolute atomic E-state index is 0.0340. The average molecular weight is 312 g/mol. The topological polar surface area (TPSA) is 67.9 Å². The third-order valence-electron chi connectivity index (χ3n) is 4.58. The minimum atomic E-state index is -0.265. The molecular formula is C16H28N2O4. The Kier molecular flexibility index (Phi) is 5.81. The smallest absolute Gasteiger partial charge is 0.242 e. The van der Waals surface area contributed by atoms with Crippen LogP contribution in [0.5, 0.6) is 0 Å². The first-order chi connectivity index (χ1) is 10.4. The molecule has 1 aliphatic carbocycles. The number of nitrogens with one attached hydrogen (secondary N) is 1. The van der Waals surface area contributed by atoms with Crippen molar-refractivity contribution in [2.45, 2.75) is 51.7 Å². The van der Waals surface area contributed by atoms with Crippen molar-refractivity contribution in [2.24, 2.45) is 5.92 Å². The predicted molar refractivity (Wildman–Crippen MR) is 82.4 cm³/mol. The molecule has 0 aromatic rings. The molecule has 2 aliphatic rings. The van der Waals surface area contributed by atoms with Crippen molar-refractivity contribution in [1.29, 1.82) is 0 Å². The number of rotatable bonds is 5. The summed E-state index contributed by atoms with van der Waals surface area (Å²) in [6.45, 7) is 8.01. The van der Waals surface area contributed by atoms with Crippen LogP contribution in [-0.2, 0) is 19.1 Å². The van der Waals surface area contributed by atoms with E-state index in [1.807, 2.05) is 18.7 Å². The van der Waals surface area contributed by atoms with E-state index in [0.29, 0.717) is 32.2 Å². The van der Waals surface area contributed by atoms with Gasteiger partial charge in [0.2, 0.25) is 11.8 Å². The summed E-state index contributed by atoms with van der Waals surface area (Å²) < 4.78 is 11.9. The summed E-state index contributed by atoms with van der Waals surface area (Å²) in [5, 5.41) is 2.58. The van der Waals surface area contributed by atoms with Gasteiger partial charge in [0.15, 0.2) is 0 Å². The van der Waals surface area contributed by atoms with Gasteiger partial charge in [-0.2, -0.15) is 0 Å². The lowest BCUT2D eigenvalue weighted by atomic mass is 9.89. The van der Waals surface area contributed by atoms with Gasteiger partial charge in [-0.05, 0) is 26.7 Å². The fourth-order valence-corrected chi connectivity index (χ4v) is 3.39. The Bertz CT molecular complexity index is 413. The molecule has 6 nitrogen and oxygen atoms in total. The third kappa shape index (κ3) is 4.20. The molecule has 2 fully saturated rings. The highest BCUT2D eigenvalue weighted by Crippen LogP contribution is 2.41. The highest BCUT2D eigenvalue weighted by Gasteiger charge is 2.47. The SMILES string of the molecule is CC(=O)NCC(=O)N1CCO[C@]2(CCC[C@H]2COC(C)C)C1. The lowest BCUT2D eigenvalue weighted by molar-refractivity contribution is -0.162. The van der Waals surface area contributed by atoms with Gasteiger partial charge in [0, 0.05) is 19.4 Å². The first-order valence-electron chi connectivity index (χ1n) is 8.21. The van der Waals surface area contributed by atoms with Crippen molar-refractivity contribution >= 4 is 11.8 Å². The van der Waals surface area contributed by atoms with Crippen LogP contribution in [0.2, 0.25) is 0 Å². The number of ether oxygens (including phenoxy) is 2. The van der Waals surface area contributed by atoms with Crippen molar-refractivity contribution in [1.82, 2.24) is 10.2 Å². The molecule has 2 rings (SSSR count). The van der Waals surface area contributed by atoms with Crippen molar-refractivity contribution in [3.05, 3.63) is 0 Å². The van der Waals surface area contributed by atoms with Gasteiger partial charge >= 0.3 is 0 Å². The largest absolute Gasteiger partial charge is 0.378 e. The molecule has 1 heterocycles. The van der Waals surface area contributed by atoms with Crippen LogP contribution in [0.15, 0.2) is 0 Å². The fraction of sp³-hybridized carbons (Fsp3) is 0.875. The van der Waals surface area contributed by atoms with Crippen LogP contribution >= 0.6 is 0 Å². The van der Waals surface area contributed by atoms with Crippen LogP contribution in [0.1, 0.15) is 40.0 Å². The number of amides is 2. The molecule has 0 aromatic carbocycles. The summed E-state index contributed by atoms with van der Waals surface area (Å²) in [4.78, 5) is 25.0. The van der Waals surface area contributed by atoms with Crippen LogP contribution in [0, 0.1) is 5.92 Å². The van der Waals surface area contributed by atoms with E-state index >= 15 is 0 Å². The van der Waals surface area contributed by atoms with Crippen LogP contribution in [0.4, 0.5) is 0 Å². The van der Waals surface area contributed by atoms with Gasteiger partial charge in [0.1, 0.15) is 0 Å². The Balaban J connectivity index is 1.95. The Morgan fingerprint density at radius 3 is 2.91 bits per heavy atom. The molecule has 2 atom stereocenters. The molecule has 22 heavy (non-hydrogen) atoms. The number of carbonyl (C=O) groups excluding carboxylic acids is 2. The van der Waals surface area contributed by atoms with E-state index in [1.165, 1.54) is 6.92 Å². The first-order valence-corrected chi connectivity index (χ1v) is 8.21.